The molecular weight excluding hydrogens is 638 g/mol. The van der Waals surface area contributed by atoms with E-state index in [1.165, 1.54) is 0 Å². The lowest BCUT2D eigenvalue weighted by Gasteiger charge is -2.29. The Morgan fingerprint density at radius 1 is 0.388 bits per heavy atom. The summed E-state index contributed by atoms with van der Waals surface area (Å²) >= 11 is 1.70. The summed E-state index contributed by atoms with van der Waals surface area (Å²) in [4.78, 5) is 16.8. The van der Waals surface area contributed by atoms with Crippen LogP contribution in [0.15, 0.2) is 180 Å². The van der Waals surface area contributed by atoms with Gasteiger partial charge in [0, 0.05) is 42.4 Å². The molecule has 1 unspecified atom stereocenters. The molecule has 0 spiro atoms. The summed E-state index contributed by atoms with van der Waals surface area (Å²) in [5.41, 5.74) is 4.92. The molecule has 0 bridgehead atoms. The third-order valence-corrected chi connectivity index (χ3v) is 13.6. The van der Waals surface area contributed by atoms with Crippen LogP contribution in [0.2, 0.25) is 0 Å². The van der Waals surface area contributed by atoms with Crippen LogP contribution in [0.1, 0.15) is 0 Å². The Kier molecular flexibility index (Phi) is 7.31. The van der Waals surface area contributed by atoms with E-state index in [1.807, 2.05) is 109 Å². The standard InChI is InChI=1S/C43H28N3OPS/c47-48(36-16-8-3-9-17-36)37-18-10-11-19-39(37)49-40-25-24-34(28-38(40)48)32-20-21-33-27-35(23-22-31(33)26-32)43-45-41(29-12-4-1-5-13-29)44-42(46-43)30-14-6-2-7-15-30/h1-28H. The minimum absolute atomic E-state index is 0.628. The highest BCUT2D eigenvalue weighted by Gasteiger charge is 2.38. The summed E-state index contributed by atoms with van der Waals surface area (Å²) in [6.07, 6.45) is 0. The van der Waals surface area contributed by atoms with Gasteiger partial charge in [0.15, 0.2) is 24.6 Å². The van der Waals surface area contributed by atoms with Gasteiger partial charge < -0.3 is 4.57 Å². The van der Waals surface area contributed by atoms with Crippen molar-refractivity contribution in [3.8, 4) is 45.3 Å². The van der Waals surface area contributed by atoms with Crippen molar-refractivity contribution in [1.29, 1.82) is 0 Å². The van der Waals surface area contributed by atoms with E-state index in [2.05, 4.69) is 60.7 Å². The summed E-state index contributed by atoms with van der Waals surface area (Å²) in [5.74, 6) is 1.91. The maximum Gasteiger partial charge on any atom is 0.173 e. The van der Waals surface area contributed by atoms with Gasteiger partial charge in [0.25, 0.3) is 0 Å². The molecule has 1 aromatic heterocycles. The molecule has 8 aromatic rings. The van der Waals surface area contributed by atoms with Crippen molar-refractivity contribution in [1.82, 2.24) is 15.0 Å². The quantitative estimate of drug-likeness (QED) is 0.171. The predicted molar refractivity (Wildman–Crippen MR) is 203 cm³/mol. The first-order valence-corrected chi connectivity index (χ1v) is 18.7. The van der Waals surface area contributed by atoms with Gasteiger partial charge >= 0.3 is 0 Å². The lowest BCUT2D eigenvalue weighted by Crippen LogP contribution is -2.30. The summed E-state index contributed by atoms with van der Waals surface area (Å²) < 4.78 is 15.2. The SMILES string of the molecule is O=P1(c2ccccc2)c2ccccc2Sc2ccc(-c3ccc4cc(-c5nc(-c6ccccc6)nc(-c6ccccc6)n5)ccc4c3)cc21. The summed E-state index contributed by atoms with van der Waals surface area (Å²) in [6, 6.07) is 57.3. The summed E-state index contributed by atoms with van der Waals surface area (Å²) in [5, 5.41) is 4.85. The van der Waals surface area contributed by atoms with E-state index in [-0.39, 0.29) is 0 Å². The first kappa shape index (κ1) is 29.5. The van der Waals surface area contributed by atoms with E-state index in [0.717, 1.165) is 64.3 Å². The number of nitrogens with zero attached hydrogens (tertiary/aromatic N) is 3. The zero-order chi connectivity index (χ0) is 32.8. The van der Waals surface area contributed by atoms with Gasteiger partial charge in [-0.05, 0) is 58.3 Å². The van der Waals surface area contributed by atoms with E-state index in [0.29, 0.717) is 17.5 Å². The fourth-order valence-corrected chi connectivity index (χ4v) is 11.2. The molecule has 1 aliphatic heterocycles. The minimum atomic E-state index is -3.07. The normalized spacial score (nSPS) is 15.0. The average molecular weight is 666 g/mol. The van der Waals surface area contributed by atoms with Crippen molar-refractivity contribution in [2.45, 2.75) is 9.79 Å². The van der Waals surface area contributed by atoms with Crippen molar-refractivity contribution in [3.05, 3.63) is 170 Å². The molecular formula is C43H28N3OPS. The van der Waals surface area contributed by atoms with Crippen LogP contribution in [-0.4, -0.2) is 15.0 Å². The van der Waals surface area contributed by atoms with Gasteiger partial charge in [-0.15, -0.1) is 0 Å². The zero-order valence-electron chi connectivity index (χ0n) is 26.3. The maximum absolute atomic E-state index is 15.2. The lowest BCUT2D eigenvalue weighted by atomic mass is 10.00. The van der Waals surface area contributed by atoms with Crippen molar-refractivity contribution in [3.63, 3.8) is 0 Å². The van der Waals surface area contributed by atoms with E-state index in [4.69, 9.17) is 15.0 Å². The first-order valence-electron chi connectivity index (χ1n) is 16.1. The van der Waals surface area contributed by atoms with Crippen LogP contribution in [0.5, 0.6) is 0 Å². The zero-order valence-corrected chi connectivity index (χ0v) is 28.0. The number of aromatic nitrogens is 3. The predicted octanol–water partition coefficient (Wildman–Crippen LogP) is 9.80. The fourth-order valence-electron chi connectivity index (χ4n) is 6.50. The molecule has 0 fully saturated rings. The van der Waals surface area contributed by atoms with Crippen molar-refractivity contribution in [2.24, 2.45) is 0 Å². The lowest BCUT2D eigenvalue weighted by molar-refractivity contribution is 0.591. The van der Waals surface area contributed by atoms with Crippen molar-refractivity contribution < 1.29 is 4.57 Å². The van der Waals surface area contributed by atoms with Gasteiger partial charge in [-0.2, -0.15) is 0 Å². The highest BCUT2D eigenvalue weighted by atomic mass is 32.2. The molecule has 6 heteroatoms. The van der Waals surface area contributed by atoms with E-state index >= 15 is 4.57 Å². The largest absolute Gasteiger partial charge is 0.309 e. The molecule has 4 nitrogen and oxygen atoms in total. The van der Waals surface area contributed by atoms with Crippen molar-refractivity contribution in [2.75, 3.05) is 0 Å². The van der Waals surface area contributed by atoms with E-state index in [9.17, 15) is 0 Å². The molecule has 7 aromatic carbocycles. The van der Waals surface area contributed by atoms with Crippen LogP contribution >= 0.6 is 18.9 Å². The Morgan fingerprint density at radius 2 is 0.857 bits per heavy atom. The molecule has 1 atom stereocenters. The molecule has 0 amide bonds. The summed E-state index contributed by atoms with van der Waals surface area (Å²) in [7, 11) is -3.07. The van der Waals surface area contributed by atoms with Crippen molar-refractivity contribution >= 4 is 45.6 Å². The smallest absolute Gasteiger partial charge is 0.173 e. The molecule has 232 valence electrons. The Hall–Kier alpha value is -5.61. The molecule has 2 heterocycles. The number of hydrogen-bond donors (Lipinski definition) is 0. The first-order chi connectivity index (χ1) is 24.1. The summed E-state index contributed by atoms with van der Waals surface area (Å²) in [6.45, 7) is 0. The van der Waals surface area contributed by atoms with E-state index in [1.54, 1.807) is 11.8 Å². The van der Waals surface area contributed by atoms with Crippen LogP contribution in [0.25, 0.3) is 56.1 Å². The maximum atomic E-state index is 15.2. The Bertz CT molecular complexity index is 2500. The van der Waals surface area contributed by atoms with E-state index < -0.39 is 7.14 Å². The second-order valence-corrected chi connectivity index (χ2v) is 15.8. The second kappa shape index (κ2) is 12.1. The third-order valence-electron chi connectivity index (χ3n) is 8.97. The number of benzene rings is 7. The minimum Gasteiger partial charge on any atom is -0.309 e. The second-order valence-electron chi connectivity index (χ2n) is 12.0. The van der Waals surface area contributed by atoms with Gasteiger partial charge in [-0.25, -0.2) is 15.0 Å². The molecule has 0 saturated carbocycles. The highest BCUT2D eigenvalue weighted by molar-refractivity contribution is 8.02. The molecule has 0 saturated heterocycles. The van der Waals surface area contributed by atoms with Gasteiger partial charge in [0.05, 0.1) is 0 Å². The number of hydrogen-bond acceptors (Lipinski definition) is 5. The van der Waals surface area contributed by atoms with Crippen LogP contribution < -0.4 is 15.9 Å². The molecule has 0 N–H and O–H groups in total. The van der Waals surface area contributed by atoms with Crippen LogP contribution in [0.4, 0.5) is 0 Å². The Balaban J connectivity index is 1.12. The topological polar surface area (TPSA) is 55.7 Å². The number of fused-ring (bicyclic) bond motifs is 3. The highest BCUT2D eigenvalue weighted by Crippen LogP contribution is 2.52. The van der Waals surface area contributed by atoms with Crippen LogP contribution in [-0.2, 0) is 4.57 Å². The molecule has 0 aliphatic carbocycles. The Labute approximate surface area is 289 Å². The van der Waals surface area contributed by atoms with Crippen LogP contribution in [0, 0.1) is 0 Å². The molecule has 0 radical (unpaired) electrons. The fraction of sp³-hybridized carbons (Fsp3) is 0. The molecule has 1 aliphatic rings. The third kappa shape index (κ3) is 5.28. The van der Waals surface area contributed by atoms with Gasteiger partial charge in [0.1, 0.15) is 0 Å². The average Bonchev–Trinajstić information content (AvgIpc) is 3.18. The van der Waals surface area contributed by atoms with Gasteiger partial charge in [-0.1, -0.05) is 145 Å². The number of rotatable bonds is 5. The van der Waals surface area contributed by atoms with Gasteiger partial charge in [0.2, 0.25) is 0 Å². The monoisotopic (exact) mass is 665 g/mol. The van der Waals surface area contributed by atoms with Gasteiger partial charge in [-0.3, -0.25) is 0 Å². The molecule has 49 heavy (non-hydrogen) atoms. The molecule has 9 rings (SSSR count). The van der Waals surface area contributed by atoms with Crippen LogP contribution in [0.3, 0.4) is 0 Å². The Morgan fingerprint density at radius 3 is 1.51 bits per heavy atom.